The van der Waals surface area contributed by atoms with Crippen LogP contribution in [0.2, 0.25) is 10.0 Å². The third-order valence-corrected chi connectivity index (χ3v) is 2.78. The number of amides is 2. The highest BCUT2D eigenvalue weighted by atomic mass is 35.5. The third kappa shape index (κ3) is 5.21. The van der Waals surface area contributed by atoms with E-state index >= 15 is 0 Å². The zero-order valence-electron chi connectivity index (χ0n) is 8.80. The van der Waals surface area contributed by atoms with Gasteiger partial charge in [0.15, 0.2) is 0 Å². The van der Waals surface area contributed by atoms with E-state index in [4.69, 9.17) is 28.9 Å². The maximum absolute atomic E-state index is 11.4. The van der Waals surface area contributed by atoms with Crippen molar-refractivity contribution in [1.29, 1.82) is 0 Å². The van der Waals surface area contributed by atoms with Gasteiger partial charge in [-0.25, -0.2) is 4.79 Å². The van der Waals surface area contributed by atoms with E-state index < -0.39 is 0 Å². The highest BCUT2D eigenvalue weighted by molar-refractivity contribution is 7.80. The van der Waals surface area contributed by atoms with Crippen LogP contribution in [0.15, 0.2) is 18.2 Å². The molecule has 0 atom stereocenters. The SMILES string of the molecule is NC(=S)CCNC(=O)Nc1ccc(Cl)c(Cl)c1. The van der Waals surface area contributed by atoms with Crippen molar-refractivity contribution < 1.29 is 4.79 Å². The molecule has 0 saturated heterocycles. The smallest absolute Gasteiger partial charge is 0.319 e. The Morgan fingerprint density at radius 2 is 2.06 bits per heavy atom. The highest BCUT2D eigenvalue weighted by Crippen LogP contribution is 2.24. The van der Waals surface area contributed by atoms with Gasteiger partial charge in [0.05, 0.1) is 15.0 Å². The summed E-state index contributed by atoms with van der Waals surface area (Å²) in [5, 5.41) is 6.03. The Kier molecular flexibility index (Phi) is 5.47. The van der Waals surface area contributed by atoms with Gasteiger partial charge in [0.2, 0.25) is 0 Å². The number of thiocarbonyl (C=S) groups is 1. The molecular weight excluding hydrogens is 281 g/mol. The van der Waals surface area contributed by atoms with Crippen molar-refractivity contribution in [3.8, 4) is 0 Å². The summed E-state index contributed by atoms with van der Waals surface area (Å²) in [6, 6.07) is 4.48. The average Bonchev–Trinajstić information content (AvgIpc) is 2.23. The minimum Gasteiger partial charge on any atom is -0.393 e. The van der Waals surface area contributed by atoms with Crippen LogP contribution in [0.4, 0.5) is 10.5 Å². The number of hydrogen-bond donors (Lipinski definition) is 3. The third-order valence-electron chi connectivity index (χ3n) is 1.83. The first-order valence-corrected chi connectivity index (χ1v) is 5.93. The van der Waals surface area contributed by atoms with E-state index in [1.54, 1.807) is 18.2 Å². The molecule has 0 radical (unpaired) electrons. The molecule has 0 aliphatic rings. The number of carbonyl (C=O) groups is 1. The second kappa shape index (κ2) is 6.64. The molecule has 1 rings (SSSR count). The Hall–Kier alpha value is -1.04. The molecule has 17 heavy (non-hydrogen) atoms. The number of nitrogens with two attached hydrogens (primary N) is 1. The van der Waals surface area contributed by atoms with Crippen molar-refractivity contribution in [3.63, 3.8) is 0 Å². The van der Waals surface area contributed by atoms with Crippen molar-refractivity contribution in [3.05, 3.63) is 28.2 Å². The lowest BCUT2D eigenvalue weighted by Gasteiger charge is -2.07. The van der Waals surface area contributed by atoms with Crippen LogP contribution in [0, 0.1) is 0 Å². The van der Waals surface area contributed by atoms with Crippen molar-refractivity contribution in [2.45, 2.75) is 6.42 Å². The normalized spacial score (nSPS) is 9.76. The molecule has 92 valence electrons. The molecule has 4 N–H and O–H groups in total. The summed E-state index contributed by atoms with van der Waals surface area (Å²) in [5.41, 5.74) is 5.86. The van der Waals surface area contributed by atoms with E-state index in [0.717, 1.165) is 0 Å². The molecule has 7 heteroatoms. The highest BCUT2D eigenvalue weighted by Gasteiger charge is 2.03. The Morgan fingerprint density at radius 3 is 2.65 bits per heavy atom. The summed E-state index contributed by atoms with van der Waals surface area (Å²) in [5.74, 6) is 0. The predicted octanol–water partition coefficient (Wildman–Crippen LogP) is 2.79. The van der Waals surface area contributed by atoms with Gasteiger partial charge in [0.25, 0.3) is 0 Å². The molecule has 0 bridgehead atoms. The monoisotopic (exact) mass is 291 g/mol. The van der Waals surface area contributed by atoms with Crippen LogP contribution in [0.5, 0.6) is 0 Å². The number of halogens is 2. The molecule has 1 aromatic carbocycles. The Balaban J connectivity index is 2.45. The lowest BCUT2D eigenvalue weighted by atomic mass is 10.3. The predicted molar refractivity (Wildman–Crippen MR) is 74.9 cm³/mol. The second-order valence-electron chi connectivity index (χ2n) is 3.23. The number of anilines is 1. The van der Waals surface area contributed by atoms with Gasteiger partial charge >= 0.3 is 6.03 Å². The molecular formula is C10H11Cl2N3OS. The number of hydrogen-bond acceptors (Lipinski definition) is 2. The fourth-order valence-electron chi connectivity index (χ4n) is 1.05. The lowest BCUT2D eigenvalue weighted by molar-refractivity contribution is 0.252. The maximum Gasteiger partial charge on any atom is 0.319 e. The summed E-state index contributed by atoms with van der Waals surface area (Å²) in [6.07, 6.45) is 0.462. The fraction of sp³-hybridized carbons (Fsp3) is 0.200. The fourth-order valence-corrected chi connectivity index (χ4v) is 1.45. The maximum atomic E-state index is 11.4. The van der Waals surface area contributed by atoms with Crippen molar-refractivity contribution >= 4 is 52.1 Å². The molecule has 0 unspecified atom stereocenters. The molecule has 0 fully saturated rings. The number of rotatable bonds is 4. The zero-order chi connectivity index (χ0) is 12.8. The first kappa shape index (κ1) is 14.0. The Bertz CT molecular complexity index is 440. The molecule has 1 aromatic rings. The molecule has 0 spiro atoms. The van der Waals surface area contributed by atoms with E-state index in [9.17, 15) is 4.79 Å². The molecule has 0 aromatic heterocycles. The average molecular weight is 292 g/mol. The lowest BCUT2D eigenvalue weighted by Crippen LogP contribution is -2.31. The minimum absolute atomic E-state index is 0.348. The topological polar surface area (TPSA) is 67.1 Å². The quantitative estimate of drug-likeness (QED) is 0.747. The standard InChI is InChI=1S/C10H11Cl2N3OS/c11-7-2-1-6(5-8(7)12)15-10(16)14-4-3-9(13)17/h1-2,5H,3-4H2,(H2,13,17)(H2,14,15,16). The van der Waals surface area contributed by atoms with Crippen molar-refractivity contribution in [2.75, 3.05) is 11.9 Å². The first-order chi connectivity index (χ1) is 7.99. The van der Waals surface area contributed by atoms with Crippen LogP contribution in [0.1, 0.15) is 6.42 Å². The van der Waals surface area contributed by atoms with E-state index in [2.05, 4.69) is 22.9 Å². The molecule has 2 amide bonds. The van der Waals surface area contributed by atoms with Gasteiger partial charge in [-0.3, -0.25) is 0 Å². The molecule has 0 aliphatic carbocycles. The van der Waals surface area contributed by atoms with Crippen LogP contribution >= 0.6 is 35.4 Å². The first-order valence-electron chi connectivity index (χ1n) is 4.77. The van der Waals surface area contributed by atoms with Gasteiger partial charge in [-0.1, -0.05) is 35.4 Å². The summed E-state index contributed by atoms with van der Waals surface area (Å²) in [4.78, 5) is 11.8. The number of urea groups is 1. The van der Waals surface area contributed by atoms with Crippen LogP contribution < -0.4 is 16.4 Å². The summed E-state index contributed by atoms with van der Waals surface area (Å²) < 4.78 is 0. The molecule has 0 heterocycles. The van der Waals surface area contributed by atoms with Crippen LogP contribution in [0.3, 0.4) is 0 Å². The zero-order valence-corrected chi connectivity index (χ0v) is 11.1. The van der Waals surface area contributed by atoms with Gasteiger partial charge in [0, 0.05) is 18.7 Å². The Labute approximate surface area is 114 Å². The van der Waals surface area contributed by atoms with Crippen molar-refractivity contribution in [2.24, 2.45) is 5.73 Å². The Morgan fingerprint density at radius 1 is 1.35 bits per heavy atom. The largest absolute Gasteiger partial charge is 0.393 e. The van der Waals surface area contributed by atoms with Crippen LogP contribution in [-0.2, 0) is 0 Å². The van der Waals surface area contributed by atoms with E-state index in [1.165, 1.54) is 0 Å². The van der Waals surface area contributed by atoms with Gasteiger partial charge in [-0.2, -0.15) is 0 Å². The van der Waals surface area contributed by atoms with Crippen molar-refractivity contribution in [1.82, 2.24) is 5.32 Å². The molecule has 0 saturated carbocycles. The van der Waals surface area contributed by atoms with E-state index in [0.29, 0.717) is 33.7 Å². The second-order valence-corrected chi connectivity index (χ2v) is 4.56. The number of nitrogens with one attached hydrogen (secondary N) is 2. The summed E-state index contributed by atoms with van der Waals surface area (Å²) >= 11 is 16.2. The van der Waals surface area contributed by atoms with E-state index in [-0.39, 0.29) is 6.03 Å². The molecule has 4 nitrogen and oxygen atoms in total. The van der Waals surface area contributed by atoms with Gasteiger partial charge in [0.1, 0.15) is 0 Å². The summed E-state index contributed by atoms with van der Waals surface area (Å²) in [7, 11) is 0. The van der Waals surface area contributed by atoms with Gasteiger partial charge < -0.3 is 16.4 Å². The van der Waals surface area contributed by atoms with Crippen LogP contribution in [-0.4, -0.2) is 17.6 Å². The number of benzene rings is 1. The summed E-state index contributed by atoms with van der Waals surface area (Å²) in [6.45, 7) is 0.391. The van der Waals surface area contributed by atoms with Gasteiger partial charge in [-0.15, -0.1) is 0 Å². The minimum atomic E-state index is -0.348. The molecule has 0 aliphatic heterocycles. The van der Waals surface area contributed by atoms with Gasteiger partial charge in [-0.05, 0) is 18.2 Å². The number of carbonyl (C=O) groups excluding carboxylic acids is 1. The van der Waals surface area contributed by atoms with E-state index in [1.807, 2.05) is 0 Å². The van der Waals surface area contributed by atoms with Crippen LogP contribution in [0.25, 0.3) is 0 Å².